The maximum Gasteiger partial charge on any atom is 0.210 e. The third-order valence-electron chi connectivity index (χ3n) is 10.6. The van der Waals surface area contributed by atoms with Crippen molar-refractivity contribution in [1.82, 2.24) is 10.3 Å². The van der Waals surface area contributed by atoms with Crippen LogP contribution in [0.15, 0.2) is 60.0 Å². The number of sulfonamides is 1. The first-order valence-electron chi connectivity index (χ1n) is 13.9. The monoisotopic (exact) mass is 519 g/mol. The normalized spacial score (nSPS) is 38.5. The molecular formula is C30H37N3O3S. The van der Waals surface area contributed by atoms with Gasteiger partial charge in [-0.2, -0.15) is 0 Å². The average molecular weight is 520 g/mol. The van der Waals surface area contributed by atoms with Gasteiger partial charge in [0.2, 0.25) is 10.0 Å². The number of nitrogens with two attached hydrogens (primary N) is 1. The van der Waals surface area contributed by atoms with Gasteiger partial charge in [-0.15, -0.1) is 0 Å². The fraction of sp³-hybridized carbons (Fsp3) is 0.567. The molecule has 1 saturated heterocycles. The molecule has 5 aliphatic rings. The molecule has 0 radical (unpaired) electrons. The van der Waals surface area contributed by atoms with E-state index in [1.54, 1.807) is 0 Å². The molecular weight excluding hydrogens is 482 g/mol. The van der Waals surface area contributed by atoms with Crippen molar-refractivity contribution >= 4 is 20.8 Å². The van der Waals surface area contributed by atoms with Gasteiger partial charge in [0, 0.05) is 30.4 Å². The summed E-state index contributed by atoms with van der Waals surface area (Å²) in [6.45, 7) is 2.91. The van der Waals surface area contributed by atoms with Gasteiger partial charge >= 0.3 is 0 Å². The number of ether oxygens (including phenoxy) is 1. The molecule has 37 heavy (non-hydrogen) atoms. The molecule has 3 heterocycles. The molecule has 1 aromatic carbocycles. The van der Waals surface area contributed by atoms with Gasteiger partial charge in [0.1, 0.15) is 0 Å². The maximum absolute atomic E-state index is 11.4. The van der Waals surface area contributed by atoms with Crippen LogP contribution in [0.1, 0.15) is 69.8 Å². The molecule has 6 atom stereocenters. The molecule has 6 nitrogen and oxygen atoms in total. The summed E-state index contributed by atoms with van der Waals surface area (Å²) in [5, 5.41) is 11.2. The Labute approximate surface area is 219 Å². The minimum atomic E-state index is -3.45. The zero-order valence-electron chi connectivity index (χ0n) is 21.6. The number of allylic oxidation sites excluding steroid dienone is 1. The molecule has 7 rings (SSSR count). The highest BCUT2D eigenvalue weighted by molar-refractivity contribution is 7.89. The van der Waals surface area contributed by atoms with Gasteiger partial charge < -0.3 is 10.1 Å². The van der Waals surface area contributed by atoms with E-state index in [0.29, 0.717) is 18.4 Å². The molecule has 2 aromatic rings. The minimum absolute atomic E-state index is 0.0243. The highest BCUT2D eigenvalue weighted by Gasteiger charge is 2.66. The minimum Gasteiger partial charge on any atom is -0.359 e. The van der Waals surface area contributed by atoms with E-state index in [0.717, 1.165) is 38.5 Å². The number of pyridine rings is 1. The standard InChI is InChI=1S/C30H37N3O3S/c1-28-10-8-24-17-23-4-5-25(33-14-15-37(31,34)35)18-29(23)11-12-30(24,36-29)27(28)7-6-26(28)21-3-2-20-9-13-32-19-22(20)16-21/h2-3,8-9,13,16-17,19,25-27,33H,4-7,10-12,14-15,18H2,1H3,(H2,31,34,35)/t25-,26?,27+,28+,29+,30+/m0/s1. The zero-order valence-corrected chi connectivity index (χ0v) is 22.4. The number of benzene rings is 1. The van der Waals surface area contributed by atoms with E-state index < -0.39 is 10.0 Å². The molecule has 0 amide bonds. The smallest absolute Gasteiger partial charge is 0.210 e. The molecule has 2 saturated carbocycles. The van der Waals surface area contributed by atoms with Gasteiger partial charge in [-0.3, -0.25) is 4.98 Å². The molecule has 1 aromatic heterocycles. The topological polar surface area (TPSA) is 94.3 Å². The van der Waals surface area contributed by atoms with E-state index in [1.165, 1.54) is 40.3 Å². The second-order valence-corrected chi connectivity index (χ2v) is 14.2. The number of hydrogen-bond acceptors (Lipinski definition) is 5. The Balaban J connectivity index is 1.17. The average Bonchev–Trinajstić information content (AvgIpc) is 3.38. The van der Waals surface area contributed by atoms with Crippen LogP contribution in [-0.4, -0.2) is 42.9 Å². The van der Waals surface area contributed by atoms with Crippen LogP contribution in [0.2, 0.25) is 0 Å². The predicted molar refractivity (Wildman–Crippen MR) is 145 cm³/mol. The van der Waals surface area contributed by atoms with E-state index in [1.807, 2.05) is 12.4 Å². The van der Waals surface area contributed by atoms with Gasteiger partial charge in [-0.05, 0) is 103 Å². The summed E-state index contributed by atoms with van der Waals surface area (Å²) in [7, 11) is -3.45. The van der Waals surface area contributed by atoms with Crippen molar-refractivity contribution in [2.24, 2.45) is 16.5 Å². The first-order chi connectivity index (χ1) is 17.7. The Morgan fingerprint density at radius 3 is 2.92 bits per heavy atom. The van der Waals surface area contributed by atoms with Crippen molar-refractivity contribution in [3.63, 3.8) is 0 Å². The number of nitrogens with one attached hydrogen (secondary N) is 1. The van der Waals surface area contributed by atoms with Crippen LogP contribution in [-0.2, 0) is 14.8 Å². The molecule has 3 aliphatic carbocycles. The molecule has 2 bridgehead atoms. The SMILES string of the molecule is C[C@]12CC=C3C=C4CC[C@H](NCCS(N)(=O)=O)C[C@]45CC[C@]3(O5)[C@@H]1CCC2c1ccc2ccncc2c1. The lowest BCUT2D eigenvalue weighted by molar-refractivity contribution is -0.136. The molecule has 2 spiro atoms. The van der Waals surface area contributed by atoms with Crippen molar-refractivity contribution in [3.8, 4) is 0 Å². The second-order valence-electron chi connectivity index (χ2n) is 12.5. The van der Waals surface area contributed by atoms with Crippen molar-refractivity contribution < 1.29 is 13.2 Å². The molecule has 3 fully saturated rings. The maximum atomic E-state index is 11.4. The van der Waals surface area contributed by atoms with Gasteiger partial charge in [-0.25, -0.2) is 13.6 Å². The van der Waals surface area contributed by atoms with Crippen LogP contribution in [0.3, 0.4) is 0 Å². The fourth-order valence-electron chi connectivity index (χ4n) is 8.85. The summed E-state index contributed by atoms with van der Waals surface area (Å²) in [5.41, 5.74) is 4.10. The number of nitrogens with zero attached hydrogens (tertiary/aromatic N) is 1. The number of hydrogen-bond donors (Lipinski definition) is 2. The lowest BCUT2D eigenvalue weighted by Crippen LogP contribution is -2.55. The van der Waals surface area contributed by atoms with E-state index >= 15 is 0 Å². The number of aromatic nitrogens is 1. The molecule has 3 N–H and O–H groups in total. The summed E-state index contributed by atoms with van der Waals surface area (Å²) in [4.78, 5) is 4.36. The van der Waals surface area contributed by atoms with Crippen molar-refractivity contribution in [3.05, 3.63) is 65.5 Å². The summed E-state index contributed by atoms with van der Waals surface area (Å²) >= 11 is 0. The van der Waals surface area contributed by atoms with E-state index in [4.69, 9.17) is 9.88 Å². The van der Waals surface area contributed by atoms with Crippen LogP contribution in [0.25, 0.3) is 10.8 Å². The summed E-state index contributed by atoms with van der Waals surface area (Å²) in [5.74, 6) is 0.991. The Bertz CT molecular complexity index is 1430. The summed E-state index contributed by atoms with van der Waals surface area (Å²) in [6, 6.07) is 9.31. The largest absolute Gasteiger partial charge is 0.359 e. The van der Waals surface area contributed by atoms with Crippen LogP contribution in [0.5, 0.6) is 0 Å². The molecule has 7 heteroatoms. The van der Waals surface area contributed by atoms with Crippen LogP contribution < -0.4 is 10.5 Å². The first kappa shape index (κ1) is 24.0. The Hall–Kier alpha value is -2.06. The van der Waals surface area contributed by atoms with Gasteiger partial charge in [0.25, 0.3) is 0 Å². The second kappa shape index (κ2) is 8.22. The number of rotatable bonds is 5. The highest BCUT2D eigenvalue weighted by Crippen LogP contribution is 2.69. The zero-order chi connectivity index (χ0) is 25.5. The van der Waals surface area contributed by atoms with Crippen molar-refractivity contribution in [1.29, 1.82) is 0 Å². The molecule has 196 valence electrons. The lowest BCUT2D eigenvalue weighted by atomic mass is 9.58. The van der Waals surface area contributed by atoms with Crippen molar-refractivity contribution in [2.45, 2.75) is 81.5 Å². The Morgan fingerprint density at radius 1 is 1.16 bits per heavy atom. The van der Waals surface area contributed by atoms with Gasteiger partial charge in [-0.1, -0.05) is 31.2 Å². The predicted octanol–water partition coefficient (Wildman–Crippen LogP) is 4.72. The van der Waals surface area contributed by atoms with Gasteiger partial charge in [0.15, 0.2) is 0 Å². The third-order valence-corrected chi connectivity index (χ3v) is 11.3. The van der Waals surface area contributed by atoms with E-state index in [-0.39, 0.29) is 28.4 Å². The summed E-state index contributed by atoms with van der Waals surface area (Å²) in [6.07, 6.45) is 17.4. The number of primary sulfonamides is 1. The Morgan fingerprint density at radius 2 is 2.05 bits per heavy atom. The Kier molecular flexibility index (Phi) is 5.33. The highest BCUT2D eigenvalue weighted by atomic mass is 32.2. The van der Waals surface area contributed by atoms with Crippen LogP contribution >= 0.6 is 0 Å². The molecule has 1 unspecified atom stereocenters. The lowest BCUT2D eigenvalue weighted by Gasteiger charge is -2.54. The number of fused-ring (bicyclic) bond motifs is 2. The van der Waals surface area contributed by atoms with E-state index in [2.05, 4.69) is 53.6 Å². The fourth-order valence-corrected chi connectivity index (χ4v) is 9.26. The first-order valence-corrected chi connectivity index (χ1v) is 15.6. The van der Waals surface area contributed by atoms with Crippen LogP contribution in [0.4, 0.5) is 0 Å². The van der Waals surface area contributed by atoms with Crippen molar-refractivity contribution in [2.75, 3.05) is 12.3 Å². The van der Waals surface area contributed by atoms with Gasteiger partial charge in [0.05, 0.1) is 17.0 Å². The van der Waals surface area contributed by atoms with Crippen LogP contribution in [0, 0.1) is 11.3 Å². The summed E-state index contributed by atoms with van der Waals surface area (Å²) < 4.78 is 30.2. The van der Waals surface area contributed by atoms with E-state index in [9.17, 15) is 8.42 Å². The quantitative estimate of drug-likeness (QED) is 0.596. The third kappa shape index (κ3) is 3.68. The molecule has 2 aliphatic heterocycles.